The van der Waals surface area contributed by atoms with Gasteiger partial charge in [-0.3, -0.25) is 33.2 Å². The van der Waals surface area contributed by atoms with Crippen LogP contribution in [0.3, 0.4) is 0 Å². The summed E-state index contributed by atoms with van der Waals surface area (Å²) in [7, 11) is -9.83. The summed E-state index contributed by atoms with van der Waals surface area (Å²) in [4.78, 5) is 68.0. The zero-order valence-corrected chi connectivity index (χ0v) is 64.0. The molecule has 4 amide bonds. The molecule has 0 saturated carbocycles. The third kappa shape index (κ3) is 30.9. The van der Waals surface area contributed by atoms with E-state index in [4.69, 9.17) is 89.1 Å². The van der Waals surface area contributed by atoms with Gasteiger partial charge < -0.3 is 128 Å². The average Bonchev–Trinajstić information content (AvgIpc) is 1.56. The molecule has 0 spiro atoms. The van der Waals surface area contributed by atoms with E-state index in [1.165, 1.54) is 9.58 Å². The van der Waals surface area contributed by atoms with Gasteiger partial charge in [0, 0.05) is 32.5 Å². The molecule has 0 aliphatic carbocycles. The molecule has 5 saturated heterocycles. The minimum atomic E-state index is -4.92. The van der Waals surface area contributed by atoms with Gasteiger partial charge in [-0.2, -0.15) is 0 Å². The smallest absolute Gasteiger partial charge is 0.726 e. The molecule has 44 heteroatoms. The molecule has 6 rings (SSSR count). The van der Waals surface area contributed by atoms with Crippen LogP contribution in [0.5, 0.6) is 0 Å². The van der Waals surface area contributed by atoms with E-state index in [0.29, 0.717) is 37.8 Å². The van der Waals surface area contributed by atoms with Crippen molar-refractivity contribution >= 4 is 50.4 Å². The SMILES string of the molecule is O=S(=O)([O-])O.O=S(=O)([O-])O.[CH2-]C1O[C@H](O[C@@H]2C(C(=O)[O-])O[C@@H](OCCOCCn3cc(CN(CCCCCN4C(=O)[C@@H]5[C@H](C4=O)[C@H](CC)O[C@@H]5CC)C(=O)CCC(=O)NCCOCCO[C@H]4OC([CH2-])[C@@H](O)[C@H](O)C4[NH-])nn3)C(O)[C@H]2O)C([NH-])[C@@H](O)[C@@H]1O.[Na+].[Na+].[Na+].[Na+].[Na+]. The quantitative estimate of drug-likeness (QED) is 0.00862. The van der Waals surface area contributed by atoms with Crippen LogP contribution in [0.1, 0.15) is 64.5 Å². The molecule has 5 aliphatic rings. The molecule has 0 aromatic carbocycles. The predicted octanol–water partition coefficient (Wildman–Crippen LogP) is -21.1. The Labute approximate surface area is 642 Å². The number of aliphatic carboxylic acids is 1. The molecule has 0 radical (unpaired) electrons. The Kier molecular flexibility index (Phi) is 47.7. The van der Waals surface area contributed by atoms with Crippen molar-refractivity contribution in [3.05, 3.63) is 37.2 Å². The Morgan fingerprint density at radius 1 is 0.674 bits per heavy atom. The maximum atomic E-state index is 13.7. The number of rotatable bonds is 30. The number of aromatic nitrogens is 3. The van der Waals surface area contributed by atoms with Crippen LogP contribution in [0.15, 0.2) is 6.20 Å². The number of nitrogens with one attached hydrogen (secondary N) is 3. The number of amides is 4. The van der Waals surface area contributed by atoms with Crippen LogP contribution in [0.4, 0.5) is 0 Å². The van der Waals surface area contributed by atoms with Crippen molar-refractivity contribution in [1.82, 2.24) is 30.1 Å². The molecule has 6 heterocycles. The normalized spacial score (nSPS) is 30.8. The fourth-order valence-corrected chi connectivity index (χ4v) is 9.76. The second-order valence-corrected chi connectivity index (χ2v) is 22.1. The Bertz CT molecular complexity index is 2510. The zero-order chi connectivity index (χ0) is 65.1. The van der Waals surface area contributed by atoms with Crippen molar-refractivity contribution < 1.29 is 285 Å². The van der Waals surface area contributed by atoms with Gasteiger partial charge in [0.05, 0.1) is 113 Å². The van der Waals surface area contributed by atoms with Gasteiger partial charge >= 0.3 is 148 Å². The van der Waals surface area contributed by atoms with Gasteiger partial charge in [0.1, 0.15) is 42.7 Å². The molecule has 1 aromatic heterocycles. The van der Waals surface area contributed by atoms with Gasteiger partial charge in [-0.15, -0.1) is 5.10 Å². The number of hydrogen-bond acceptors (Lipinski definition) is 29. The van der Waals surface area contributed by atoms with E-state index in [-0.39, 0.29) is 263 Å². The number of nitrogens with zero attached hydrogens (tertiary/aromatic N) is 5. The maximum Gasteiger partial charge on any atom is 1.00 e. The van der Waals surface area contributed by atoms with Crippen molar-refractivity contribution in [2.45, 2.75) is 176 Å². The number of aliphatic hydroxyl groups excluding tert-OH is 6. The second-order valence-electron chi connectivity index (χ2n) is 20.4. The van der Waals surface area contributed by atoms with Crippen LogP contribution in [-0.2, 0) is 100 Å². The summed E-state index contributed by atoms with van der Waals surface area (Å²) in [6.07, 6.45) is -16.5. The minimum absolute atomic E-state index is 0. The molecular weight excluding hydrogens is 1330 g/mol. The van der Waals surface area contributed by atoms with Crippen LogP contribution in [0, 0.1) is 25.7 Å². The number of carboxylic acids is 1. The number of fused-ring (bicyclic) bond motifs is 1. The van der Waals surface area contributed by atoms with Crippen LogP contribution >= 0.6 is 0 Å². The Balaban J connectivity index is 0. The first kappa shape index (κ1) is 94.8. The number of carboxylic acid groups (broad SMARTS) is 1. The van der Waals surface area contributed by atoms with Crippen molar-refractivity contribution in [3.63, 3.8) is 0 Å². The third-order valence-corrected chi connectivity index (χ3v) is 14.1. The summed E-state index contributed by atoms with van der Waals surface area (Å²) in [6.45, 7) is 11.8. The van der Waals surface area contributed by atoms with Crippen LogP contribution in [0.2, 0.25) is 0 Å². The second kappa shape index (κ2) is 46.3. The van der Waals surface area contributed by atoms with E-state index in [2.05, 4.69) is 29.5 Å². The monoisotopic (exact) mass is 1410 g/mol. The summed E-state index contributed by atoms with van der Waals surface area (Å²) < 4.78 is 117. The van der Waals surface area contributed by atoms with Crippen LogP contribution in [0.25, 0.3) is 11.5 Å². The molecule has 37 nitrogen and oxygen atoms in total. The molecular formula is C48H77N8Na5O29S2-2. The summed E-state index contributed by atoms with van der Waals surface area (Å²) in [5, 5.41) is 84.4. The average molecular weight is 1410 g/mol. The van der Waals surface area contributed by atoms with E-state index in [9.17, 15) is 59.7 Å². The van der Waals surface area contributed by atoms with Gasteiger partial charge in [-0.25, -0.2) is 21.5 Å². The van der Waals surface area contributed by atoms with Gasteiger partial charge in [-0.1, -0.05) is 31.1 Å². The van der Waals surface area contributed by atoms with Gasteiger partial charge in [-0.05, 0) is 44.3 Å². The minimum Gasteiger partial charge on any atom is -0.726 e. The number of imide groups is 1. The third-order valence-electron chi connectivity index (χ3n) is 14.1. The zero-order valence-electron chi connectivity index (χ0n) is 52.4. The van der Waals surface area contributed by atoms with E-state index < -0.39 is 137 Å². The molecule has 502 valence electrons. The summed E-state index contributed by atoms with van der Waals surface area (Å²) in [6, 6.07) is -2.86. The van der Waals surface area contributed by atoms with Gasteiger partial charge in [0.2, 0.25) is 44.4 Å². The molecule has 92 heavy (non-hydrogen) atoms. The molecule has 19 atom stereocenters. The number of ether oxygens (including phenoxy) is 9. The van der Waals surface area contributed by atoms with Gasteiger partial charge in [0.15, 0.2) is 6.29 Å². The number of aliphatic hydroxyl groups is 6. The number of unbranched alkanes of at least 4 members (excludes halogenated alkanes) is 2. The Morgan fingerprint density at radius 2 is 1.17 bits per heavy atom. The topological polar surface area (TPSA) is 565 Å². The standard InChI is InChI=1S/C48H76N8O21.5Na.2H2O4S/c1-5-27-31-32(28(6-2)75-27)44(66)56(43(31)65)14-9-7-8-13-54(30(58)11-10-29(57)51-12-16-69-18-20-71-46-33(49)37(61)35(59)24(3)73-46)22-26-23-55(53-52-26)15-17-70-19-21-72-48-40(64)39(63)41(42(77-48)45(67)68)76-47-34(50)38(62)36(60)25(4)74-47;;;;;;2*1-5(2,3)4/h23-25,27-28,31-42,46-50,59-64H,3-22H2,1-2H3,(H,51,57)(H,67,68);;;;;;2*(H2,1,2,3,4)/q-4;5*+1;;/p-3/t24?,25?,27-,28+,31+,32-,33?,34?,35-,36-,37-,38-,39-,40?,41+,42?,46+,47-,48-;;;;;;;/m1......./s1. The Hall–Kier alpha value is 0.750. The number of carbonyl (C=O) groups is 5. The molecule has 0 bridgehead atoms. The predicted molar refractivity (Wildman–Crippen MR) is 282 cm³/mol. The van der Waals surface area contributed by atoms with E-state index in [0.717, 1.165) is 0 Å². The molecule has 1 aromatic rings. The fraction of sp³-hybridized carbons (Fsp3) is 0.812. The van der Waals surface area contributed by atoms with E-state index in [1.54, 1.807) is 11.1 Å². The van der Waals surface area contributed by atoms with E-state index >= 15 is 0 Å². The first-order valence-corrected chi connectivity index (χ1v) is 30.2. The molecule has 6 unspecified atom stereocenters. The maximum absolute atomic E-state index is 13.7. The molecule has 5 aliphatic heterocycles. The summed E-state index contributed by atoms with van der Waals surface area (Å²) >= 11 is 0. The number of likely N-dealkylation sites (tertiary alicyclic amines) is 1. The van der Waals surface area contributed by atoms with E-state index in [1.807, 2.05) is 13.8 Å². The summed E-state index contributed by atoms with van der Waals surface area (Å²) in [5.41, 5.74) is 16.5. The van der Waals surface area contributed by atoms with Crippen LogP contribution in [-0.4, -0.2) is 284 Å². The number of hydrogen-bond donors (Lipinski definition) is 9. The van der Waals surface area contributed by atoms with Crippen molar-refractivity contribution in [3.8, 4) is 0 Å². The van der Waals surface area contributed by atoms with Crippen LogP contribution < -0.4 is 158 Å². The number of carbonyl (C=O) groups excluding carboxylic acids is 5. The first-order valence-electron chi connectivity index (χ1n) is 27.5. The molecule has 11 N–H and O–H groups in total. The Morgan fingerprint density at radius 3 is 1.70 bits per heavy atom. The van der Waals surface area contributed by atoms with Crippen molar-refractivity contribution in [2.75, 3.05) is 59.3 Å². The molecule has 5 fully saturated rings. The van der Waals surface area contributed by atoms with Crippen molar-refractivity contribution in [1.29, 1.82) is 0 Å². The first-order chi connectivity index (χ1) is 40.8. The fourth-order valence-electron chi connectivity index (χ4n) is 9.76. The van der Waals surface area contributed by atoms with Crippen molar-refractivity contribution in [2.24, 2.45) is 11.8 Å². The summed E-state index contributed by atoms with van der Waals surface area (Å²) in [5.74, 6) is -3.93. The largest absolute Gasteiger partial charge is 1.00 e. The van der Waals surface area contributed by atoms with Gasteiger partial charge in [0.25, 0.3) is 0 Å².